The molecule has 0 bridgehead atoms. The Balaban J connectivity index is 0.000000185. The highest BCUT2D eigenvalue weighted by molar-refractivity contribution is 6.31. The molecule has 0 heterocycles. The minimum atomic E-state index is 0.708. The van der Waals surface area contributed by atoms with Crippen molar-refractivity contribution in [1.82, 2.24) is 0 Å². The summed E-state index contributed by atoms with van der Waals surface area (Å²) >= 11 is 12.7. The molecule has 0 N–H and O–H groups in total. The van der Waals surface area contributed by atoms with Crippen LogP contribution in [0, 0.1) is 27.7 Å². The van der Waals surface area contributed by atoms with Crippen LogP contribution in [0.5, 0.6) is 0 Å². The van der Waals surface area contributed by atoms with Gasteiger partial charge in [-0.15, -0.1) is 0 Å². The predicted molar refractivity (Wildman–Crippen MR) is 440 cm³/mol. The van der Waals surface area contributed by atoms with Gasteiger partial charge in [0.15, 0.2) is 0 Å². The van der Waals surface area contributed by atoms with Crippen molar-refractivity contribution in [2.75, 3.05) is 19.6 Å². The molecule has 0 saturated heterocycles. The number of para-hydroxylation sites is 2. The molecule has 6 heteroatoms. The van der Waals surface area contributed by atoms with Gasteiger partial charge in [-0.3, -0.25) is 0 Å². The Labute approximate surface area is 614 Å². The quantitative estimate of drug-likeness (QED) is 0.0670. The van der Waals surface area contributed by atoms with Crippen molar-refractivity contribution in [1.29, 1.82) is 0 Å². The van der Waals surface area contributed by atoms with E-state index in [1.807, 2.05) is 48.5 Å². The van der Waals surface area contributed by atoms with Gasteiger partial charge in [0.05, 0.1) is 0 Å². The molecule has 0 saturated carbocycles. The number of aryl methyl sites for hydroxylation is 6. The van der Waals surface area contributed by atoms with Gasteiger partial charge >= 0.3 is 0 Å². The third-order valence-electron chi connectivity index (χ3n) is 19.0. The molecule has 0 aliphatic heterocycles. The van der Waals surface area contributed by atoms with Crippen molar-refractivity contribution < 1.29 is 0 Å². The van der Waals surface area contributed by atoms with Gasteiger partial charge in [0.25, 0.3) is 0 Å². The number of rotatable bonds is 22. The van der Waals surface area contributed by atoms with Crippen molar-refractivity contribution >= 4 is 91.5 Å². The molecule has 504 valence electrons. The summed E-state index contributed by atoms with van der Waals surface area (Å²) in [7, 11) is 0. The number of hydrogen-bond donors (Lipinski definition) is 0. The van der Waals surface area contributed by atoms with Crippen LogP contribution in [0.4, 0.5) is 68.2 Å². The molecule has 0 spiro atoms. The highest BCUT2D eigenvalue weighted by Gasteiger charge is 2.20. The fourth-order valence-electron chi connectivity index (χ4n) is 13.4. The molecule has 14 rings (SSSR count). The van der Waals surface area contributed by atoms with Crippen LogP contribution in [-0.2, 0) is 12.8 Å². The predicted octanol–water partition coefficient (Wildman–Crippen LogP) is 29.1. The van der Waals surface area contributed by atoms with E-state index in [2.05, 4.69) is 352 Å². The van der Waals surface area contributed by atoms with Crippen molar-refractivity contribution in [2.45, 2.75) is 80.1 Å². The number of halogens is 2. The number of benzene rings is 14. The van der Waals surface area contributed by atoms with E-state index in [-0.39, 0.29) is 0 Å². The topological polar surface area (TPSA) is 13.0 Å². The van der Waals surface area contributed by atoms with Crippen LogP contribution in [0.3, 0.4) is 0 Å². The summed E-state index contributed by atoms with van der Waals surface area (Å²) in [5.74, 6) is 0. The lowest BCUT2D eigenvalue weighted by Gasteiger charge is -2.28. The normalized spacial score (nSPS) is 11.0. The Hall–Kier alpha value is -11.1. The van der Waals surface area contributed by atoms with Gasteiger partial charge in [0, 0.05) is 78.3 Å². The molecule has 0 unspecified atom stereocenters. The van der Waals surface area contributed by atoms with E-state index in [9.17, 15) is 0 Å². The Morgan fingerprint density at radius 1 is 0.225 bits per heavy atom. The zero-order chi connectivity index (χ0) is 70.3. The zero-order valence-electron chi connectivity index (χ0n) is 59.1. The second-order valence-corrected chi connectivity index (χ2v) is 27.3. The summed E-state index contributed by atoms with van der Waals surface area (Å²) in [6.07, 6.45) is 7.11. The molecular weight excluding hydrogens is 1280 g/mol. The highest BCUT2D eigenvalue weighted by Crippen LogP contribution is 2.43. The first-order valence-corrected chi connectivity index (χ1v) is 36.4. The van der Waals surface area contributed by atoms with Crippen molar-refractivity contribution in [2.24, 2.45) is 0 Å². The van der Waals surface area contributed by atoms with E-state index in [4.69, 9.17) is 23.2 Å². The lowest BCUT2D eigenvalue weighted by Crippen LogP contribution is -2.11. The fourth-order valence-corrected chi connectivity index (χ4v) is 13.7. The molecule has 14 aromatic rings. The Kier molecular flexibility index (Phi) is 22.4. The molecular formula is C96H86Cl2N4. The summed E-state index contributed by atoms with van der Waals surface area (Å²) in [6, 6.07) is 121. The maximum absolute atomic E-state index is 6.37. The number of anilines is 12. The number of unbranched alkanes of at least 4 members (excludes halogenated alkanes) is 2. The Morgan fingerprint density at radius 3 is 0.745 bits per heavy atom. The van der Waals surface area contributed by atoms with E-state index in [0.29, 0.717) is 10.0 Å². The van der Waals surface area contributed by atoms with Gasteiger partial charge in [-0.25, -0.2) is 0 Å². The third-order valence-corrected chi connectivity index (χ3v) is 19.5. The number of hydrogen-bond acceptors (Lipinski definition) is 4. The van der Waals surface area contributed by atoms with Gasteiger partial charge in [-0.05, 0) is 277 Å². The summed E-state index contributed by atoms with van der Waals surface area (Å²) in [5.41, 5.74) is 30.7. The molecule has 102 heavy (non-hydrogen) atoms. The van der Waals surface area contributed by atoms with E-state index < -0.39 is 0 Å². The first kappa shape index (κ1) is 69.3. The van der Waals surface area contributed by atoms with E-state index >= 15 is 0 Å². The smallest absolute Gasteiger partial charge is 0.0493 e. The molecule has 0 fully saturated rings. The lowest BCUT2D eigenvalue weighted by molar-refractivity contribution is 0.795. The minimum Gasteiger partial charge on any atom is -0.310 e. The van der Waals surface area contributed by atoms with Gasteiger partial charge in [-0.1, -0.05) is 244 Å². The largest absolute Gasteiger partial charge is 0.310 e. The van der Waals surface area contributed by atoms with Crippen molar-refractivity contribution in [3.05, 3.63) is 383 Å². The monoisotopic (exact) mass is 1360 g/mol. The first-order valence-electron chi connectivity index (χ1n) is 35.7. The second kappa shape index (κ2) is 32.9. The van der Waals surface area contributed by atoms with Gasteiger partial charge < -0.3 is 19.6 Å². The molecule has 0 atom stereocenters. The van der Waals surface area contributed by atoms with Crippen molar-refractivity contribution in [3.8, 4) is 44.5 Å². The first-order chi connectivity index (χ1) is 49.9. The summed E-state index contributed by atoms with van der Waals surface area (Å²) in [6.45, 7) is 13.3. The molecule has 14 aromatic carbocycles. The molecule has 4 nitrogen and oxygen atoms in total. The molecule has 0 amide bonds. The molecule has 0 radical (unpaired) electrons. The summed E-state index contributed by atoms with van der Waals surface area (Å²) < 4.78 is 0. The second-order valence-electron chi connectivity index (χ2n) is 26.4. The Morgan fingerprint density at radius 2 is 0.471 bits per heavy atom. The maximum Gasteiger partial charge on any atom is 0.0493 e. The van der Waals surface area contributed by atoms with E-state index in [1.54, 1.807) is 0 Å². The molecule has 0 aromatic heterocycles. The van der Waals surface area contributed by atoms with Crippen LogP contribution in [0.15, 0.2) is 340 Å². The average Bonchev–Trinajstić information content (AvgIpc) is 0.809. The van der Waals surface area contributed by atoms with Crippen LogP contribution in [0.1, 0.15) is 72.9 Å². The minimum absolute atomic E-state index is 0.708. The van der Waals surface area contributed by atoms with Crippen LogP contribution in [0.25, 0.3) is 44.5 Å². The lowest BCUT2D eigenvalue weighted by atomic mass is 9.99. The summed E-state index contributed by atoms with van der Waals surface area (Å²) in [4.78, 5) is 9.22. The fraction of sp³-hybridized carbons (Fsp3) is 0.125. The van der Waals surface area contributed by atoms with E-state index in [0.717, 1.165) is 80.6 Å². The summed E-state index contributed by atoms with van der Waals surface area (Å²) in [5, 5.41) is 1.42. The maximum atomic E-state index is 6.37. The standard InChI is InChI=1S/C54H56N2.C42H30Cl2N2/c1-7-9-11-43-17-29-49(30-18-43)55(53-37-39(3)13-15-41(53)5)51-33-25-47(26-34-51)45-21-23-46(24-22-45)48-27-35-52(36-28-48)56(54-38-40(4)14-16-42(54)6)50-31-19-44(20-32-50)12-10-8-2;43-35-9-7-15-41(29-35)45(37-11-3-1-4-12-37)39-25-21-33(22-26-39)31-17-19-32(20-18-31)34-23-27-40(28-24-34)46(38-13-5-2-6-14-38)42-16-8-10-36(44)30-42/h13-38H,7-12H2,1-6H3;1-30H. The zero-order valence-corrected chi connectivity index (χ0v) is 60.6. The van der Waals surface area contributed by atoms with Crippen LogP contribution >= 0.6 is 23.2 Å². The average molecular weight is 1370 g/mol. The Bertz CT molecular complexity index is 4700. The van der Waals surface area contributed by atoms with Crippen LogP contribution in [0.2, 0.25) is 10.0 Å². The third kappa shape index (κ3) is 16.7. The highest BCUT2D eigenvalue weighted by atomic mass is 35.5. The van der Waals surface area contributed by atoms with Crippen molar-refractivity contribution in [3.63, 3.8) is 0 Å². The van der Waals surface area contributed by atoms with Crippen LogP contribution in [-0.4, -0.2) is 0 Å². The molecule has 0 aliphatic carbocycles. The molecule has 0 aliphatic rings. The van der Waals surface area contributed by atoms with Gasteiger partial charge in [0.1, 0.15) is 0 Å². The van der Waals surface area contributed by atoms with Gasteiger partial charge in [-0.2, -0.15) is 0 Å². The number of nitrogens with zero attached hydrogens (tertiary/aromatic N) is 4. The van der Waals surface area contributed by atoms with E-state index in [1.165, 1.54) is 104 Å². The SMILES string of the molecule is CCCCc1ccc(N(c2ccc(-c3ccc(-c4ccc(N(c5ccc(CCCC)cc5)c5cc(C)ccc5C)cc4)cc3)cc2)c2cc(C)ccc2C)cc1.Clc1cccc(N(c2ccccc2)c2ccc(-c3ccc(-c4ccc(N(c5ccccc5)c5cccc(Cl)c5)cc4)cc3)cc2)c1. The van der Waals surface area contributed by atoms with Crippen LogP contribution < -0.4 is 19.6 Å². The van der Waals surface area contributed by atoms with Gasteiger partial charge in [0.2, 0.25) is 0 Å².